The molecule has 4 heteroatoms. The highest BCUT2D eigenvalue weighted by Crippen LogP contribution is 2.51. The summed E-state index contributed by atoms with van der Waals surface area (Å²) in [6, 6.07) is 13.4. The molecule has 0 radical (unpaired) electrons. The average Bonchev–Trinajstić information content (AvgIpc) is 4.01. The lowest BCUT2D eigenvalue weighted by Crippen LogP contribution is -2.30. The molecule has 4 fully saturated rings. The van der Waals surface area contributed by atoms with Gasteiger partial charge in [-0.25, -0.2) is 0 Å². The number of aliphatic hydroxyl groups excluding tert-OH is 1. The third-order valence-electron chi connectivity index (χ3n) is 16.6. The summed E-state index contributed by atoms with van der Waals surface area (Å²) in [7, 11) is 0. The molecule has 0 heterocycles. The first-order valence-corrected chi connectivity index (χ1v) is 22.4. The SMILES string of the molecule is CC1(C2=C[C@@H]3Cc4cc(C5(C)CCCC5)cc(c4O)Cc4cc(C5(C)CCCC5)cc(c4O)Cc4cc(C5(C)CCCC5)cc(c4O)CC(=C2)[C@@H]3O)CCCC1. The molecule has 0 saturated heterocycles. The maximum atomic E-state index is 12.4. The molecule has 0 unspecified atom stereocenters. The minimum absolute atomic E-state index is 0.0246. The zero-order chi connectivity index (χ0) is 39.0. The lowest BCUT2D eigenvalue weighted by atomic mass is 9.71. The number of rotatable bonds is 4. The number of allylic oxidation sites excluding steroid dienone is 2. The summed E-state index contributed by atoms with van der Waals surface area (Å²) in [6.45, 7) is 9.55. The lowest BCUT2D eigenvalue weighted by molar-refractivity contribution is 0.157. The van der Waals surface area contributed by atoms with Crippen molar-refractivity contribution in [1.82, 2.24) is 0 Å². The molecule has 4 nitrogen and oxygen atoms in total. The zero-order valence-corrected chi connectivity index (χ0v) is 34.7. The van der Waals surface area contributed by atoms with Gasteiger partial charge in [-0.1, -0.05) is 128 Å². The van der Waals surface area contributed by atoms with E-state index in [0.29, 0.717) is 37.2 Å². The molecule has 3 aromatic carbocycles. The molecular weight excluding hydrogens is 689 g/mol. The van der Waals surface area contributed by atoms with Gasteiger partial charge >= 0.3 is 0 Å². The molecule has 8 bridgehead atoms. The van der Waals surface area contributed by atoms with Gasteiger partial charge in [0.15, 0.2) is 0 Å². The molecule has 0 aromatic heterocycles. The van der Waals surface area contributed by atoms with Crippen LogP contribution in [0.1, 0.15) is 180 Å². The Morgan fingerprint density at radius 3 is 1.16 bits per heavy atom. The summed E-state index contributed by atoms with van der Waals surface area (Å²) in [6.07, 6.45) is 24.5. The van der Waals surface area contributed by atoms with Gasteiger partial charge in [-0.2, -0.15) is 0 Å². The zero-order valence-electron chi connectivity index (χ0n) is 34.7. The van der Waals surface area contributed by atoms with Crippen molar-refractivity contribution < 1.29 is 20.4 Å². The highest BCUT2D eigenvalue weighted by Gasteiger charge is 2.39. The van der Waals surface area contributed by atoms with Crippen LogP contribution in [0.25, 0.3) is 0 Å². The summed E-state index contributed by atoms with van der Waals surface area (Å²) in [5.41, 5.74) is 11.4. The molecule has 0 aliphatic heterocycles. The third kappa shape index (κ3) is 6.64. The van der Waals surface area contributed by atoms with Crippen molar-refractivity contribution in [2.75, 3.05) is 0 Å². The van der Waals surface area contributed by atoms with Crippen molar-refractivity contribution in [3.05, 3.63) is 110 Å². The van der Waals surface area contributed by atoms with Gasteiger partial charge in [-0.3, -0.25) is 0 Å². The fourth-order valence-electron chi connectivity index (χ4n) is 12.4. The molecule has 9 rings (SSSR count). The molecule has 0 amide bonds. The van der Waals surface area contributed by atoms with E-state index in [4.69, 9.17) is 0 Å². The Morgan fingerprint density at radius 2 is 0.768 bits per heavy atom. The van der Waals surface area contributed by atoms with Crippen LogP contribution < -0.4 is 0 Å². The van der Waals surface area contributed by atoms with Gasteiger partial charge in [0.1, 0.15) is 17.2 Å². The Balaban J connectivity index is 1.27. The highest BCUT2D eigenvalue weighted by molar-refractivity contribution is 5.57. The van der Waals surface area contributed by atoms with Gasteiger partial charge in [0.2, 0.25) is 0 Å². The van der Waals surface area contributed by atoms with E-state index in [1.807, 2.05) is 0 Å². The van der Waals surface area contributed by atoms with Crippen LogP contribution in [0, 0.1) is 11.3 Å². The first-order chi connectivity index (χ1) is 26.8. The Labute approximate surface area is 336 Å². The van der Waals surface area contributed by atoms with Crippen LogP contribution in [0.2, 0.25) is 0 Å². The van der Waals surface area contributed by atoms with E-state index >= 15 is 0 Å². The summed E-state index contributed by atoms with van der Waals surface area (Å²) in [5, 5.41) is 49.4. The second-order valence-corrected chi connectivity index (χ2v) is 20.7. The second kappa shape index (κ2) is 14.1. The van der Waals surface area contributed by atoms with Crippen molar-refractivity contribution >= 4 is 0 Å². The lowest BCUT2D eigenvalue weighted by Gasteiger charge is -2.35. The van der Waals surface area contributed by atoms with Crippen LogP contribution in [0.5, 0.6) is 17.2 Å². The van der Waals surface area contributed by atoms with E-state index in [0.717, 1.165) is 90.3 Å². The van der Waals surface area contributed by atoms with Crippen LogP contribution in [-0.2, 0) is 41.9 Å². The van der Waals surface area contributed by atoms with Crippen LogP contribution in [0.15, 0.2) is 59.7 Å². The van der Waals surface area contributed by atoms with Gasteiger partial charge in [0, 0.05) is 18.8 Å². The summed E-state index contributed by atoms with van der Waals surface area (Å²) in [4.78, 5) is 0. The van der Waals surface area contributed by atoms with E-state index in [1.165, 1.54) is 73.6 Å². The summed E-state index contributed by atoms with van der Waals surface area (Å²) in [5.74, 6) is 0.685. The maximum Gasteiger partial charge on any atom is 0.122 e. The molecule has 6 aliphatic rings. The van der Waals surface area contributed by atoms with Gasteiger partial charge < -0.3 is 20.4 Å². The number of benzene rings is 3. The first kappa shape index (κ1) is 38.0. The van der Waals surface area contributed by atoms with Crippen LogP contribution in [-0.4, -0.2) is 26.5 Å². The number of phenols is 3. The molecule has 56 heavy (non-hydrogen) atoms. The molecule has 4 N–H and O–H groups in total. The number of hydrogen-bond acceptors (Lipinski definition) is 4. The Hall–Kier alpha value is -3.50. The van der Waals surface area contributed by atoms with Gasteiger partial charge in [0.05, 0.1) is 6.10 Å². The van der Waals surface area contributed by atoms with Gasteiger partial charge in [-0.15, -0.1) is 0 Å². The van der Waals surface area contributed by atoms with Crippen molar-refractivity contribution in [3.63, 3.8) is 0 Å². The van der Waals surface area contributed by atoms with Crippen molar-refractivity contribution in [2.24, 2.45) is 11.3 Å². The number of aliphatic hydroxyl groups is 1. The van der Waals surface area contributed by atoms with Gasteiger partial charge in [-0.05, 0) is 147 Å². The van der Waals surface area contributed by atoms with E-state index in [2.05, 4.69) is 76.2 Å². The predicted octanol–water partition coefficient (Wildman–Crippen LogP) is 12.0. The van der Waals surface area contributed by atoms with E-state index < -0.39 is 6.10 Å². The minimum Gasteiger partial charge on any atom is -0.507 e. The molecule has 6 aliphatic carbocycles. The topological polar surface area (TPSA) is 80.9 Å². The van der Waals surface area contributed by atoms with Gasteiger partial charge in [0.25, 0.3) is 0 Å². The summed E-state index contributed by atoms with van der Waals surface area (Å²) < 4.78 is 0. The smallest absolute Gasteiger partial charge is 0.122 e. The number of aromatic hydroxyl groups is 3. The van der Waals surface area contributed by atoms with Crippen LogP contribution in [0.3, 0.4) is 0 Å². The van der Waals surface area contributed by atoms with Crippen molar-refractivity contribution in [1.29, 1.82) is 0 Å². The highest BCUT2D eigenvalue weighted by atomic mass is 16.3. The van der Waals surface area contributed by atoms with E-state index in [1.54, 1.807) is 0 Å². The number of phenolic OH excluding ortho intramolecular Hbond substituents is 3. The Kier molecular flexibility index (Phi) is 9.58. The molecule has 0 spiro atoms. The fraction of sp³-hybridized carbons (Fsp3) is 0.577. The summed E-state index contributed by atoms with van der Waals surface area (Å²) >= 11 is 0. The quantitative estimate of drug-likeness (QED) is 0.214. The number of hydrogen-bond donors (Lipinski definition) is 4. The van der Waals surface area contributed by atoms with E-state index in [9.17, 15) is 20.4 Å². The normalized spacial score (nSPS) is 26.2. The molecule has 3 aromatic rings. The number of fused-ring (bicyclic) bond motifs is 8. The largest absolute Gasteiger partial charge is 0.507 e. The Morgan fingerprint density at radius 1 is 0.446 bits per heavy atom. The predicted molar refractivity (Wildman–Crippen MR) is 227 cm³/mol. The van der Waals surface area contributed by atoms with Crippen LogP contribution in [0.4, 0.5) is 0 Å². The fourth-order valence-corrected chi connectivity index (χ4v) is 12.4. The van der Waals surface area contributed by atoms with Crippen molar-refractivity contribution in [3.8, 4) is 17.2 Å². The molecular formula is C52H66O4. The maximum absolute atomic E-state index is 12.4. The standard InChI is InChI=1S/C52H66O4/c1-49(13-5-6-14-49)41-25-33-21-35-27-42(50(2)15-7-8-16-50)29-37(46(35)54)23-39-31-44(52(4)19-11-12-20-52)32-40(48(39)56)24-38-30-43(51(3)17-9-10-18-51)28-36(47(38)55)22-34(26-41)45(33)53/h25-33,45,53-56H,5-24H2,1-4H3/t33-,45+/m0/s1. The Bertz CT molecular complexity index is 2070. The third-order valence-corrected chi connectivity index (χ3v) is 16.6. The minimum atomic E-state index is -0.731. The average molecular weight is 755 g/mol. The molecule has 4 saturated carbocycles. The molecule has 298 valence electrons. The first-order valence-electron chi connectivity index (χ1n) is 22.4. The molecule has 2 atom stereocenters. The second-order valence-electron chi connectivity index (χ2n) is 20.7. The van der Waals surface area contributed by atoms with Crippen molar-refractivity contribution in [2.45, 2.75) is 178 Å². The van der Waals surface area contributed by atoms with Crippen LogP contribution >= 0.6 is 0 Å². The monoisotopic (exact) mass is 754 g/mol. The van der Waals surface area contributed by atoms with E-state index in [-0.39, 0.29) is 33.3 Å².